The lowest BCUT2D eigenvalue weighted by Crippen LogP contribution is -1.90. The van der Waals surface area contributed by atoms with Gasteiger partial charge >= 0.3 is 0 Å². The van der Waals surface area contributed by atoms with Gasteiger partial charge in [-0.25, -0.2) is 9.37 Å². The highest BCUT2D eigenvalue weighted by Gasteiger charge is 2.06. The Balaban J connectivity index is 2.48. The van der Waals surface area contributed by atoms with E-state index < -0.39 is 0 Å². The first-order valence-corrected chi connectivity index (χ1v) is 4.45. The summed E-state index contributed by atoms with van der Waals surface area (Å²) in [7, 11) is 1.79. The number of aromatic nitrogens is 2. The number of imidazole rings is 1. The molecule has 0 aliphatic heterocycles. The van der Waals surface area contributed by atoms with Gasteiger partial charge in [0, 0.05) is 18.8 Å². The maximum Gasteiger partial charge on any atom is 0.170 e. The van der Waals surface area contributed by atoms with Gasteiger partial charge in [0.15, 0.2) is 6.29 Å². The minimum Gasteiger partial charge on any atom is -0.333 e. The van der Waals surface area contributed by atoms with Crippen molar-refractivity contribution in [1.29, 1.82) is 0 Å². The highest BCUT2D eigenvalue weighted by molar-refractivity contribution is 5.73. The van der Waals surface area contributed by atoms with Crippen LogP contribution in [0.5, 0.6) is 0 Å². The number of carbonyl (C=O) groups excluding carboxylic acids is 1. The van der Waals surface area contributed by atoms with Crippen LogP contribution >= 0.6 is 0 Å². The number of hydrogen-bond donors (Lipinski definition) is 0. The van der Waals surface area contributed by atoms with E-state index in [-0.39, 0.29) is 5.82 Å². The van der Waals surface area contributed by atoms with Crippen molar-refractivity contribution in [3.05, 3.63) is 42.0 Å². The monoisotopic (exact) mass is 204 g/mol. The molecule has 0 aliphatic carbocycles. The Morgan fingerprint density at radius 2 is 2.00 bits per heavy atom. The zero-order chi connectivity index (χ0) is 10.8. The lowest BCUT2D eigenvalue weighted by molar-refractivity contribution is 0.111. The SMILES string of the molecule is Cn1cc(C=O)nc1-c1ccc(F)cc1. The van der Waals surface area contributed by atoms with Crippen LogP contribution in [0.25, 0.3) is 11.4 Å². The highest BCUT2D eigenvalue weighted by Crippen LogP contribution is 2.17. The van der Waals surface area contributed by atoms with E-state index in [2.05, 4.69) is 4.98 Å². The van der Waals surface area contributed by atoms with Crippen LogP contribution in [0, 0.1) is 5.82 Å². The summed E-state index contributed by atoms with van der Waals surface area (Å²) >= 11 is 0. The van der Waals surface area contributed by atoms with Crippen molar-refractivity contribution in [2.45, 2.75) is 0 Å². The molecule has 15 heavy (non-hydrogen) atoms. The number of rotatable bonds is 2. The van der Waals surface area contributed by atoms with Crippen LogP contribution in [0.4, 0.5) is 4.39 Å². The summed E-state index contributed by atoms with van der Waals surface area (Å²) in [5.41, 5.74) is 1.16. The molecule has 0 fully saturated rings. The molecule has 1 aromatic heterocycles. The molecule has 1 heterocycles. The minimum absolute atomic E-state index is 0.288. The topological polar surface area (TPSA) is 34.9 Å². The van der Waals surface area contributed by atoms with Crippen LogP contribution in [0.2, 0.25) is 0 Å². The largest absolute Gasteiger partial charge is 0.333 e. The molecule has 0 spiro atoms. The van der Waals surface area contributed by atoms with Crippen LogP contribution in [0.15, 0.2) is 30.5 Å². The molecule has 0 saturated carbocycles. The number of aldehydes is 1. The van der Waals surface area contributed by atoms with Crippen LogP contribution < -0.4 is 0 Å². The van der Waals surface area contributed by atoms with E-state index in [4.69, 9.17) is 0 Å². The molecule has 0 radical (unpaired) electrons. The quantitative estimate of drug-likeness (QED) is 0.701. The summed E-state index contributed by atoms with van der Waals surface area (Å²) in [6, 6.07) is 5.99. The van der Waals surface area contributed by atoms with E-state index in [0.717, 1.165) is 5.56 Å². The normalized spacial score (nSPS) is 10.3. The predicted octanol–water partition coefficient (Wildman–Crippen LogP) is 2.04. The second kappa shape index (κ2) is 3.65. The molecular weight excluding hydrogens is 195 g/mol. The molecule has 2 rings (SSSR count). The molecule has 4 heteroatoms. The predicted molar refractivity (Wildman–Crippen MR) is 54.0 cm³/mol. The maximum absolute atomic E-state index is 12.7. The number of aryl methyl sites for hydroxylation is 1. The van der Waals surface area contributed by atoms with Gasteiger partial charge in [-0.2, -0.15) is 0 Å². The van der Waals surface area contributed by atoms with Crippen molar-refractivity contribution in [1.82, 2.24) is 9.55 Å². The first kappa shape index (κ1) is 9.58. The molecule has 0 unspecified atom stereocenters. The fourth-order valence-corrected chi connectivity index (χ4v) is 1.41. The van der Waals surface area contributed by atoms with Gasteiger partial charge in [0.05, 0.1) is 0 Å². The number of halogens is 1. The molecule has 1 aromatic carbocycles. The van der Waals surface area contributed by atoms with E-state index in [1.54, 1.807) is 29.9 Å². The van der Waals surface area contributed by atoms with Gasteiger partial charge in [0.25, 0.3) is 0 Å². The van der Waals surface area contributed by atoms with Crippen LogP contribution in [0.1, 0.15) is 10.5 Å². The number of hydrogen-bond acceptors (Lipinski definition) is 2. The fourth-order valence-electron chi connectivity index (χ4n) is 1.41. The zero-order valence-electron chi connectivity index (χ0n) is 8.14. The third kappa shape index (κ3) is 1.79. The van der Waals surface area contributed by atoms with Gasteiger partial charge in [-0.15, -0.1) is 0 Å². The first-order valence-electron chi connectivity index (χ1n) is 4.45. The second-order valence-electron chi connectivity index (χ2n) is 3.23. The molecule has 0 bridgehead atoms. The van der Waals surface area contributed by atoms with E-state index in [9.17, 15) is 9.18 Å². The van der Waals surface area contributed by atoms with Gasteiger partial charge < -0.3 is 4.57 Å². The Morgan fingerprint density at radius 1 is 1.33 bits per heavy atom. The van der Waals surface area contributed by atoms with Gasteiger partial charge in [-0.1, -0.05) is 0 Å². The maximum atomic E-state index is 12.7. The van der Waals surface area contributed by atoms with E-state index in [1.165, 1.54) is 12.1 Å². The summed E-state index contributed by atoms with van der Waals surface area (Å²) in [5, 5.41) is 0. The van der Waals surface area contributed by atoms with Gasteiger partial charge in [0.1, 0.15) is 17.3 Å². The van der Waals surface area contributed by atoms with Crippen molar-refractivity contribution in [3.63, 3.8) is 0 Å². The Morgan fingerprint density at radius 3 is 2.53 bits per heavy atom. The smallest absolute Gasteiger partial charge is 0.170 e. The lowest BCUT2D eigenvalue weighted by atomic mass is 10.2. The Labute approximate surface area is 86.2 Å². The summed E-state index contributed by atoms with van der Waals surface area (Å²) in [5.74, 6) is 0.362. The van der Waals surface area contributed by atoms with E-state index in [1.807, 2.05) is 0 Å². The number of nitrogens with zero attached hydrogens (tertiary/aromatic N) is 2. The third-order valence-electron chi connectivity index (χ3n) is 2.12. The minimum atomic E-state index is -0.288. The average molecular weight is 204 g/mol. The Hall–Kier alpha value is -1.97. The summed E-state index contributed by atoms with van der Waals surface area (Å²) in [6.45, 7) is 0. The Bertz CT molecular complexity index is 488. The first-order chi connectivity index (χ1) is 7.20. The molecule has 0 N–H and O–H groups in total. The molecule has 3 nitrogen and oxygen atoms in total. The third-order valence-corrected chi connectivity index (χ3v) is 2.12. The molecule has 2 aromatic rings. The molecule has 76 valence electrons. The van der Waals surface area contributed by atoms with Gasteiger partial charge in [-0.05, 0) is 24.3 Å². The standard InChI is InChI=1S/C11H9FN2O/c1-14-6-10(7-15)13-11(14)8-2-4-9(12)5-3-8/h2-7H,1H3. The van der Waals surface area contributed by atoms with Gasteiger partial charge in [-0.3, -0.25) is 4.79 Å². The molecule has 0 atom stereocenters. The molecule has 0 amide bonds. The molecule has 0 saturated heterocycles. The van der Waals surface area contributed by atoms with Crippen molar-refractivity contribution in [2.75, 3.05) is 0 Å². The van der Waals surface area contributed by atoms with Crippen molar-refractivity contribution in [2.24, 2.45) is 7.05 Å². The molecule has 0 aliphatic rings. The zero-order valence-corrected chi connectivity index (χ0v) is 8.14. The van der Waals surface area contributed by atoms with Crippen LogP contribution in [-0.4, -0.2) is 15.8 Å². The summed E-state index contributed by atoms with van der Waals surface area (Å²) in [6.07, 6.45) is 2.32. The average Bonchev–Trinajstić information content (AvgIpc) is 2.61. The van der Waals surface area contributed by atoms with Crippen LogP contribution in [-0.2, 0) is 7.05 Å². The van der Waals surface area contributed by atoms with E-state index >= 15 is 0 Å². The van der Waals surface area contributed by atoms with E-state index in [0.29, 0.717) is 17.8 Å². The fraction of sp³-hybridized carbons (Fsp3) is 0.0909. The van der Waals surface area contributed by atoms with Crippen molar-refractivity contribution >= 4 is 6.29 Å². The number of carbonyl (C=O) groups is 1. The summed E-state index contributed by atoms with van der Waals surface area (Å²) in [4.78, 5) is 14.6. The number of benzene rings is 1. The second-order valence-corrected chi connectivity index (χ2v) is 3.23. The molecular formula is C11H9FN2O. The van der Waals surface area contributed by atoms with Gasteiger partial charge in [0.2, 0.25) is 0 Å². The summed E-state index contributed by atoms with van der Waals surface area (Å²) < 4.78 is 14.4. The van der Waals surface area contributed by atoms with Crippen molar-refractivity contribution < 1.29 is 9.18 Å². The van der Waals surface area contributed by atoms with Crippen LogP contribution in [0.3, 0.4) is 0 Å². The van der Waals surface area contributed by atoms with Crippen molar-refractivity contribution in [3.8, 4) is 11.4 Å². The Kier molecular flexibility index (Phi) is 2.33. The highest BCUT2D eigenvalue weighted by atomic mass is 19.1. The lowest BCUT2D eigenvalue weighted by Gasteiger charge is -2.00.